The number of carbonyl (C=O) groups is 2. The molecule has 6 nitrogen and oxygen atoms in total. The van der Waals surface area contributed by atoms with E-state index in [9.17, 15) is 9.59 Å². The van der Waals surface area contributed by atoms with Gasteiger partial charge in [0.2, 0.25) is 11.8 Å². The van der Waals surface area contributed by atoms with Gasteiger partial charge in [-0.05, 0) is 50.2 Å². The van der Waals surface area contributed by atoms with Crippen molar-refractivity contribution >= 4 is 40.7 Å². The van der Waals surface area contributed by atoms with Gasteiger partial charge in [0, 0.05) is 23.3 Å². The van der Waals surface area contributed by atoms with Crippen LogP contribution in [0.1, 0.15) is 17.0 Å². The fraction of sp³-hybridized carbons (Fsp3) is 0.227. The summed E-state index contributed by atoms with van der Waals surface area (Å²) >= 11 is 12.0. The number of likely N-dealkylation sites (N-methyl/N-ethyl adjacent to an activating group) is 1. The second-order valence-electron chi connectivity index (χ2n) is 6.99. The summed E-state index contributed by atoms with van der Waals surface area (Å²) < 4.78 is 1.79. The standard InChI is InChI=1S/C22H22Cl2N4O2/c1-14-18(15(2)28(26-14)17-10-8-16(23)9-11-17)12-22(30)27(3)13-21(29)25-20-7-5-4-6-19(20)24/h4-11H,12-13H2,1-3H3,(H,25,29). The summed E-state index contributed by atoms with van der Waals surface area (Å²) in [7, 11) is 1.60. The lowest BCUT2D eigenvalue weighted by Gasteiger charge is -2.17. The predicted molar refractivity (Wildman–Crippen MR) is 119 cm³/mol. The van der Waals surface area contributed by atoms with Gasteiger partial charge in [0.05, 0.1) is 35.1 Å². The Hall–Kier alpha value is -2.83. The van der Waals surface area contributed by atoms with Crippen LogP contribution in [0.2, 0.25) is 10.0 Å². The molecule has 8 heteroatoms. The Morgan fingerprint density at radius 2 is 1.73 bits per heavy atom. The van der Waals surface area contributed by atoms with Crippen LogP contribution < -0.4 is 5.32 Å². The first-order chi connectivity index (χ1) is 14.3. The number of para-hydroxylation sites is 1. The largest absolute Gasteiger partial charge is 0.336 e. The third kappa shape index (κ3) is 5.01. The highest BCUT2D eigenvalue weighted by Crippen LogP contribution is 2.21. The summed E-state index contributed by atoms with van der Waals surface area (Å²) in [5.74, 6) is -0.490. The van der Waals surface area contributed by atoms with E-state index in [-0.39, 0.29) is 24.8 Å². The monoisotopic (exact) mass is 444 g/mol. The van der Waals surface area contributed by atoms with E-state index in [1.807, 2.05) is 26.0 Å². The van der Waals surface area contributed by atoms with Crippen LogP contribution >= 0.6 is 23.2 Å². The fourth-order valence-electron chi connectivity index (χ4n) is 3.11. The SMILES string of the molecule is Cc1nn(-c2ccc(Cl)cc2)c(C)c1CC(=O)N(C)CC(=O)Nc1ccccc1Cl. The molecule has 3 aromatic rings. The molecule has 0 saturated carbocycles. The van der Waals surface area contributed by atoms with Crippen molar-refractivity contribution in [2.24, 2.45) is 0 Å². The van der Waals surface area contributed by atoms with Gasteiger partial charge in [-0.2, -0.15) is 5.10 Å². The molecule has 0 unspecified atom stereocenters. The molecule has 1 aromatic heterocycles. The number of rotatable bonds is 6. The quantitative estimate of drug-likeness (QED) is 0.610. The van der Waals surface area contributed by atoms with Gasteiger partial charge in [-0.1, -0.05) is 35.3 Å². The van der Waals surface area contributed by atoms with Gasteiger partial charge in [-0.3, -0.25) is 9.59 Å². The summed E-state index contributed by atoms with van der Waals surface area (Å²) in [4.78, 5) is 26.4. The van der Waals surface area contributed by atoms with Crippen LogP contribution in [0.25, 0.3) is 5.69 Å². The van der Waals surface area contributed by atoms with E-state index >= 15 is 0 Å². The molecule has 0 bridgehead atoms. The van der Waals surface area contributed by atoms with Gasteiger partial charge in [-0.15, -0.1) is 0 Å². The first kappa shape index (κ1) is 21.9. The third-order valence-corrected chi connectivity index (χ3v) is 5.38. The van der Waals surface area contributed by atoms with Crippen molar-refractivity contribution in [3.63, 3.8) is 0 Å². The Morgan fingerprint density at radius 1 is 1.07 bits per heavy atom. The van der Waals surface area contributed by atoms with Gasteiger partial charge in [0.25, 0.3) is 0 Å². The molecule has 156 valence electrons. The van der Waals surface area contributed by atoms with E-state index in [2.05, 4.69) is 10.4 Å². The molecule has 0 aliphatic carbocycles. The Bertz CT molecular complexity index is 1080. The Kier molecular flexibility index (Phi) is 6.80. The summed E-state index contributed by atoms with van der Waals surface area (Å²) in [6, 6.07) is 14.3. The Labute approximate surface area is 185 Å². The number of carbonyl (C=O) groups excluding carboxylic acids is 2. The lowest BCUT2D eigenvalue weighted by molar-refractivity contribution is -0.132. The molecule has 0 atom stereocenters. The van der Waals surface area contributed by atoms with E-state index in [0.717, 1.165) is 22.6 Å². The third-order valence-electron chi connectivity index (χ3n) is 4.79. The van der Waals surface area contributed by atoms with Crippen molar-refractivity contribution in [3.8, 4) is 5.69 Å². The van der Waals surface area contributed by atoms with E-state index in [4.69, 9.17) is 23.2 Å². The maximum atomic E-state index is 12.7. The Balaban J connectivity index is 1.67. The molecule has 2 aromatic carbocycles. The van der Waals surface area contributed by atoms with Crippen LogP contribution in [-0.2, 0) is 16.0 Å². The van der Waals surface area contributed by atoms with Gasteiger partial charge in [0.1, 0.15) is 0 Å². The van der Waals surface area contributed by atoms with Crippen molar-refractivity contribution in [2.45, 2.75) is 20.3 Å². The van der Waals surface area contributed by atoms with E-state index in [0.29, 0.717) is 15.7 Å². The summed E-state index contributed by atoms with van der Waals surface area (Å²) in [6.45, 7) is 3.71. The molecule has 1 heterocycles. The molecule has 30 heavy (non-hydrogen) atoms. The second-order valence-corrected chi connectivity index (χ2v) is 7.84. The van der Waals surface area contributed by atoms with E-state index in [1.165, 1.54) is 4.90 Å². The average Bonchev–Trinajstić information content (AvgIpc) is 2.98. The minimum Gasteiger partial charge on any atom is -0.336 e. The number of nitrogens with zero attached hydrogens (tertiary/aromatic N) is 3. The van der Waals surface area contributed by atoms with Crippen molar-refractivity contribution in [1.29, 1.82) is 0 Å². The molecule has 0 aliphatic heterocycles. The molecular formula is C22H22Cl2N4O2. The molecule has 0 aliphatic rings. The average molecular weight is 445 g/mol. The number of aryl methyl sites for hydroxylation is 1. The summed E-state index contributed by atoms with van der Waals surface area (Å²) in [5.41, 5.74) is 3.86. The molecule has 0 radical (unpaired) electrons. The zero-order valence-electron chi connectivity index (χ0n) is 16.9. The zero-order valence-corrected chi connectivity index (χ0v) is 18.5. The van der Waals surface area contributed by atoms with Crippen molar-refractivity contribution < 1.29 is 9.59 Å². The van der Waals surface area contributed by atoms with Crippen molar-refractivity contribution in [2.75, 3.05) is 18.9 Å². The highest BCUT2D eigenvalue weighted by Gasteiger charge is 2.20. The van der Waals surface area contributed by atoms with Crippen LogP contribution in [0.5, 0.6) is 0 Å². The lowest BCUT2D eigenvalue weighted by Crippen LogP contribution is -2.36. The first-order valence-electron chi connectivity index (χ1n) is 9.35. The molecule has 0 fully saturated rings. The zero-order chi connectivity index (χ0) is 21.8. The number of hydrogen-bond donors (Lipinski definition) is 1. The summed E-state index contributed by atoms with van der Waals surface area (Å²) in [6.07, 6.45) is 0.154. The normalized spacial score (nSPS) is 10.7. The van der Waals surface area contributed by atoms with E-state index < -0.39 is 0 Å². The lowest BCUT2D eigenvalue weighted by atomic mass is 10.1. The van der Waals surface area contributed by atoms with Crippen LogP contribution in [0.3, 0.4) is 0 Å². The number of halogens is 2. The highest BCUT2D eigenvalue weighted by molar-refractivity contribution is 6.33. The molecule has 3 rings (SSSR count). The number of amides is 2. The minimum atomic E-state index is -0.316. The molecule has 0 saturated heterocycles. The number of anilines is 1. The number of aromatic nitrogens is 2. The minimum absolute atomic E-state index is 0.0759. The van der Waals surface area contributed by atoms with Crippen LogP contribution in [0.15, 0.2) is 48.5 Å². The van der Waals surface area contributed by atoms with Gasteiger partial charge in [0.15, 0.2) is 0 Å². The predicted octanol–water partition coefficient (Wildman–Crippen LogP) is 4.44. The van der Waals surface area contributed by atoms with Gasteiger partial charge >= 0.3 is 0 Å². The molecule has 2 amide bonds. The maximum Gasteiger partial charge on any atom is 0.244 e. The number of benzene rings is 2. The van der Waals surface area contributed by atoms with Gasteiger partial charge in [-0.25, -0.2) is 4.68 Å². The summed E-state index contributed by atoms with van der Waals surface area (Å²) in [5, 5.41) is 8.37. The van der Waals surface area contributed by atoms with Crippen molar-refractivity contribution in [3.05, 3.63) is 75.5 Å². The topological polar surface area (TPSA) is 67.2 Å². The first-order valence-corrected chi connectivity index (χ1v) is 10.1. The van der Waals surface area contributed by atoms with Crippen LogP contribution in [0.4, 0.5) is 5.69 Å². The van der Waals surface area contributed by atoms with Gasteiger partial charge < -0.3 is 10.2 Å². The molecular weight excluding hydrogens is 423 g/mol. The Morgan fingerprint density at radius 3 is 2.40 bits per heavy atom. The smallest absolute Gasteiger partial charge is 0.244 e. The maximum absolute atomic E-state index is 12.7. The molecule has 0 spiro atoms. The highest BCUT2D eigenvalue weighted by atomic mass is 35.5. The van der Waals surface area contributed by atoms with Crippen LogP contribution in [0, 0.1) is 13.8 Å². The number of hydrogen-bond acceptors (Lipinski definition) is 3. The fourth-order valence-corrected chi connectivity index (χ4v) is 3.42. The number of nitrogens with one attached hydrogen (secondary N) is 1. The molecule has 1 N–H and O–H groups in total. The van der Waals surface area contributed by atoms with Crippen molar-refractivity contribution in [1.82, 2.24) is 14.7 Å². The van der Waals surface area contributed by atoms with Crippen LogP contribution in [-0.4, -0.2) is 40.1 Å². The van der Waals surface area contributed by atoms with E-state index in [1.54, 1.807) is 48.1 Å². The second kappa shape index (κ2) is 9.32.